The molecule has 2 aromatic rings. The molecule has 0 aliphatic carbocycles. The van der Waals surface area contributed by atoms with Crippen molar-refractivity contribution in [2.45, 2.75) is 20.3 Å². The van der Waals surface area contributed by atoms with Crippen LogP contribution in [0.5, 0.6) is 11.5 Å². The van der Waals surface area contributed by atoms with Crippen LogP contribution in [0.25, 0.3) is 10.6 Å². The summed E-state index contributed by atoms with van der Waals surface area (Å²) in [6.45, 7) is 4.86. The van der Waals surface area contributed by atoms with Gasteiger partial charge in [0.1, 0.15) is 5.01 Å². The minimum absolute atomic E-state index is 0.393. The Bertz CT molecular complexity index is 644. The van der Waals surface area contributed by atoms with Crippen molar-refractivity contribution in [1.82, 2.24) is 4.98 Å². The highest BCUT2D eigenvalue weighted by molar-refractivity contribution is 7.15. The van der Waals surface area contributed by atoms with Crippen molar-refractivity contribution in [2.24, 2.45) is 5.92 Å². The van der Waals surface area contributed by atoms with Gasteiger partial charge < -0.3 is 9.47 Å². The molecule has 0 amide bonds. The summed E-state index contributed by atoms with van der Waals surface area (Å²) in [5, 5.41) is 9.60. The number of hydrogen-bond donors (Lipinski definition) is 0. The van der Waals surface area contributed by atoms with E-state index in [-0.39, 0.29) is 0 Å². The third-order valence-electron chi connectivity index (χ3n) is 2.79. The molecule has 110 valence electrons. The van der Waals surface area contributed by atoms with Crippen LogP contribution in [0.3, 0.4) is 0 Å². The van der Waals surface area contributed by atoms with Crippen molar-refractivity contribution in [3.8, 4) is 28.1 Å². The van der Waals surface area contributed by atoms with Crippen molar-refractivity contribution in [3.05, 3.63) is 29.3 Å². The van der Waals surface area contributed by atoms with Crippen LogP contribution in [-0.2, 0) is 6.42 Å². The second-order valence-corrected chi connectivity index (χ2v) is 6.15. The maximum Gasteiger partial charge on any atom is 0.161 e. The molecule has 2 rings (SSSR count). The first-order chi connectivity index (χ1) is 10.1. The first kappa shape index (κ1) is 15.3. The van der Waals surface area contributed by atoms with E-state index in [9.17, 15) is 0 Å². The maximum absolute atomic E-state index is 8.71. The lowest BCUT2D eigenvalue weighted by Gasteiger charge is -2.13. The largest absolute Gasteiger partial charge is 0.493 e. The number of hydrogen-bond acceptors (Lipinski definition) is 5. The molecule has 0 aliphatic heterocycles. The minimum Gasteiger partial charge on any atom is -0.493 e. The standard InChI is InChI=1S/C16H18N2O2S/c1-11(2)10-20-14-5-4-12(8-15(14)19-3)16-18-9-13(21-16)6-7-17/h4-5,8-9,11H,6,10H2,1-3H3. The molecular formula is C16H18N2O2S. The highest BCUT2D eigenvalue weighted by Crippen LogP contribution is 2.34. The highest BCUT2D eigenvalue weighted by Gasteiger charge is 2.10. The summed E-state index contributed by atoms with van der Waals surface area (Å²) in [6, 6.07) is 7.92. The van der Waals surface area contributed by atoms with Gasteiger partial charge in [-0.15, -0.1) is 11.3 Å². The molecule has 0 N–H and O–H groups in total. The molecule has 1 aromatic heterocycles. The SMILES string of the molecule is COc1cc(-c2ncc(CC#N)s2)ccc1OCC(C)C. The van der Waals surface area contributed by atoms with Gasteiger partial charge in [0.05, 0.1) is 26.2 Å². The zero-order chi connectivity index (χ0) is 15.2. The van der Waals surface area contributed by atoms with Gasteiger partial charge in [0.25, 0.3) is 0 Å². The third-order valence-corrected chi connectivity index (χ3v) is 3.84. The van der Waals surface area contributed by atoms with Gasteiger partial charge in [-0.3, -0.25) is 0 Å². The summed E-state index contributed by atoms with van der Waals surface area (Å²) >= 11 is 1.52. The quantitative estimate of drug-likeness (QED) is 0.811. The van der Waals surface area contributed by atoms with E-state index in [4.69, 9.17) is 14.7 Å². The van der Waals surface area contributed by atoms with Gasteiger partial charge in [0.2, 0.25) is 0 Å². The third kappa shape index (κ3) is 3.96. The number of ether oxygens (including phenoxy) is 2. The van der Waals surface area contributed by atoms with Gasteiger partial charge in [-0.25, -0.2) is 4.98 Å². The van der Waals surface area contributed by atoms with Crippen molar-refractivity contribution >= 4 is 11.3 Å². The number of methoxy groups -OCH3 is 1. The lowest BCUT2D eigenvalue weighted by atomic mass is 10.2. The number of thiazole rings is 1. The highest BCUT2D eigenvalue weighted by atomic mass is 32.1. The number of nitriles is 1. The molecule has 5 heteroatoms. The fourth-order valence-electron chi connectivity index (χ4n) is 1.78. The van der Waals surface area contributed by atoms with Gasteiger partial charge in [-0.2, -0.15) is 5.26 Å². The van der Waals surface area contributed by atoms with Crippen LogP contribution in [0.2, 0.25) is 0 Å². The lowest BCUT2D eigenvalue weighted by molar-refractivity contribution is 0.257. The molecule has 1 aromatic carbocycles. The number of aromatic nitrogens is 1. The van der Waals surface area contributed by atoms with Crippen LogP contribution in [0.1, 0.15) is 18.7 Å². The Kier molecular flexibility index (Phi) is 5.18. The van der Waals surface area contributed by atoms with Gasteiger partial charge in [0.15, 0.2) is 11.5 Å². The van der Waals surface area contributed by atoms with E-state index in [2.05, 4.69) is 24.9 Å². The Morgan fingerprint density at radius 1 is 1.33 bits per heavy atom. The molecule has 0 bridgehead atoms. The maximum atomic E-state index is 8.71. The molecule has 21 heavy (non-hydrogen) atoms. The summed E-state index contributed by atoms with van der Waals surface area (Å²) in [7, 11) is 1.63. The normalized spacial score (nSPS) is 10.4. The Labute approximate surface area is 129 Å². The predicted molar refractivity (Wildman–Crippen MR) is 83.8 cm³/mol. The van der Waals surface area contributed by atoms with E-state index in [0.29, 0.717) is 24.7 Å². The summed E-state index contributed by atoms with van der Waals surface area (Å²) in [5.74, 6) is 1.90. The lowest BCUT2D eigenvalue weighted by Crippen LogP contribution is -2.05. The summed E-state index contributed by atoms with van der Waals surface area (Å²) in [6.07, 6.45) is 2.14. The van der Waals surface area contributed by atoms with E-state index in [1.807, 2.05) is 18.2 Å². The number of rotatable bonds is 6. The smallest absolute Gasteiger partial charge is 0.161 e. The van der Waals surface area contributed by atoms with Crippen LogP contribution in [0.15, 0.2) is 24.4 Å². The molecule has 0 atom stereocenters. The zero-order valence-corrected chi connectivity index (χ0v) is 13.2. The molecule has 0 saturated heterocycles. The van der Waals surface area contributed by atoms with Gasteiger partial charge in [-0.1, -0.05) is 13.8 Å². The van der Waals surface area contributed by atoms with Crippen molar-refractivity contribution in [3.63, 3.8) is 0 Å². The van der Waals surface area contributed by atoms with Crippen molar-refractivity contribution in [1.29, 1.82) is 5.26 Å². The van der Waals surface area contributed by atoms with Crippen LogP contribution >= 0.6 is 11.3 Å². The molecule has 0 spiro atoms. The Morgan fingerprint density at radius 2 is 2.14 bits per heavy atom. The average Bonchev–Trinajstić information content (AvgIpc) is 2.94. The molecule has 0 aliphatic rings. The first-order valence-electron chi connectivity index (χ1n) is 6.77. The summed E-state index contributed by atoms with van der Waals surface area (Å²) < 4.78 is 11.1. The molecular weight excluding hydrogens is 284 g/mol. The van der Waals surface area contributed by atoms with Crippen LogP contribution in [-0.4, -0.2) is 18.7 Å². The van der Waals surface area contributed by atoms with Crippen molar-refractivity contribution in [2.75, 3.05) is 13.7 Å². The van der Waals surface area contributed by atoms with Crippen LogP contribution in [0, 0.1) is 17.2 Å². The number of benzene rings is 1. The molecule has 0 saturated carbocycles. The fourth-order valence-corrected chi connectivity index (χ4v) is 2.62. The molecule has 1 heterocycles. The molecule has 0 radical (unpaired) electrons. The number of nitrogens with zero attached hydrogens (tertiary/aromatic N) is 2. The van der Waals surface area contributed by atoms with Crippen molar-refractivity contribution < 1.29 is 9.47 Å². The predicted octanol–water partition coefficient (Wildman–Crippen LogP) is 3.92. The summed E-state index contributed by atoms with van der Waals surface area (Å²) in [4.78, 5) is 5.32. The van der Waals surface area contributed by atoms with Gasteiger partial charge >= 0.3 is 0 Å². The monoisotopic (exact) mass is 302 g/mol. The summed E-state index contributed by atoms with van der Waals surface area (Å²) in [5.41, 5.74) is 0.970. The van der Waals surface area contributed by atoms with Gasteiger partial charge in [0, 0.05) is 16.6 Å². The second kappa shape index (κ2) is 7.09. The van der Waals surface area contributed by atoms with E-state index < -0.39 is 0 Å². The van der Waals surface area contributed by atoms with E-state index in [0.717, 1.165) is 21.2 Å². The Hall–Kier alpha value is -2.06. The van der Waals surface area contributed by atoms with E-state index in [1.54, 1.807) is 13.3 Å². The average molecular weight is 302 g/mol. The van der Waals surface area contributed by atoms with Crippen LogP contribution in [0.4, 0.5) is 0 Å². The fraction of sp³-hybridized carbons (Fsp3) is 0.375. The minimum atomic E-state index is 0.393. The molecule has 0 fully saturated rings. The topological polar surface area (TPSA) is 55.1 Å². The molecule has 0 unspecified atom stereocenters. The molecule has 4 nitrogen and oxygen atoms in total. The van der Waals surface area contributed by atoms with Crippen LogP contribution < -0.4 is 9.47 Å². The van der Waals surface area contributed by atoms with E-state index >= 15 is 0 Å². The first-order valence-corrected chi connectivity index (χ1v) is 7.58. The van der Waals surface area contributed by atoms with E-state index in [1.165, 1.54) is 11.3 Å². The Balaban J connectivity index is 2.23. The second-order valence-electron chi connectivity index (χ2n) is 5.04. The van der Waals surface area contributed by atoms with Gasteiger partial charge in [-0.05, 0) is 24.1 Å². The Morgan fingerprint density at radius 3 is 2.81 bits per heavy atom. The zero-order valence-electron chi connectivity index (χ0n) is 12.4.